The third-order valence-electron chi connectivity index (χ3n) is 2.29. The summed E-state index contributed by atoms with van der Waals surface area (Å²) in [6.07, 6.45) is 5.85. The monoisotopic (exact) mass is 240 g/mol. The lowest BCUT2D eigenvalue weighted by Gasteiger charge is -2.16. The van der Waals surface area contributed by atoms with Gasteiger partial charge in [-0.3, -0.25) is 9.42 Å². The predicted octanol–water partition coefficient (Wildman–Crippen LogP) is 4.21. The smallest absolute Gasteiger partial charge is 0.299 e. The van der Waals surface area contributed by atoms with Gasteiger partial charge in [-0.1, -0.05) is 46.0 Å². The van der Waals surface area contributed by atoms with Gasteiger partial charge in [-0.25, -0.2) is 4.57 Å². The Bertz CT molecular complexity index is 193. The Morgan fingerprint density at radius 1 is 1.20 bits per heavy atom. The van der Waals surface area contributed by atoms with Crippen molar-refractivity contribution in [3.8, 4) is 0 Å². The van der Waals surface area contributed by atoms with Crippen molar-refractivity contribution in [2.45, 2.75) is 64.9 Å². The molecule has 0 amide bonds. The van der Waals surface area contributed by atoms with Gasteiger partial charge in [0.25, 0.3) is 0 Å². The van der Waals surface area contributed by atoms with Crippen molar-refractivity contribution in [3.63, 3.8) is 0 Å². The van der Waals surface area contributed by atoms with E-state index in [-0.39, 0.29) is 0 Å². The molecule has 2 atom stereocenters. The van der Waals surface area contributed by atoms with Gasteiger partial charge in [0.2, 0.25) is 0 Å². The first-order valence-corrected chi connectivity index (χ1v) is 7.17. The maximum Gasteiger partial charge on any atom is 0.510 e. The van der Waals surface area contributed by atoms with Crippen molar-refractivity contribution in [2.75, 3.05) is 0 Å². The highest BCUT2D eigenvalue weighted by atomic mass is 31.2. The normalized spacial score (nSPS) is 17.3. The van der Waals surface area contributed by atoms with Gasteiger partial charge < -0.3 is 0 Å². The fraction of sp³-hybridized carbons (Fsp3) is 1.00. The van der Waals surface area contributed by atoms with E-state index in [0.717, 1.165) is 32.1 Å². The van der Waals surface area contributed by atoms with Crippen LogP contribution in [0.1, 0.15) is 58.8 Å². The largest absolute Gasteiger partial charge is 0.510 e. The molecule has 0 aromatic carbocycles. The van der Waals surface area contributed by atoms with E-state index in [1.807, 2.05) is 6.92 Å². The summed E-state index contributed by atoms with van der Waals surface area (Å²) in [5, 5.41) is 0. The van der Waals surface area contributed by atoms with Crippen LogP contribution in [0.25, 0.3) is 0 Å². The topological polar surface area (TPSA) is 46.5 Å². The maximum absolute atomic E-state index is 12.5. The number of hydrogen-bond donors (Lipinski definition) is 1. The van der Waals surface area contributed by atoms with Crippen LogP contribution in [0.2, 0.25) is 0 Å². The molecule has 0 radical (unpaired) electrons. The molecule has 2 unspecified atom stereocenters. The molecule has 0 rings (SSSR count). The lowest BCUT2D eigenvalue weighted by molar-refractivity contribution is 0.132. The second kappa shape index (κ2) is 8.26. The summed E-state index contributed by atoms with van der Waals surface area (Å²) >= 11 is 0. The lowest BCUT2D eigenvalue weighted by Crippen LogP contribution is -2.10. The molecule has 0 aliphatic carbocycles. The van der Waals surface area contributed by atoms with Crippen LogP contribution in [-0.2, 0) is 9.09 Å². The molecule has 3 nitrogen and oxygen atoms in total. The lowest BCUT2D eigenvalue weighted by atomic mass is 10.1. The van der Waals surface area contributed by atoms with Gasteiger partial charge in [-0.2, -0.15) is 0 Å². The first kappa shape index (κ1) is 15.1. The molecule has 0 heterocycles. The molecule has 0 saturated heterocycles. The molecule has 0 spiro atoms. The van der Waals surface area contributed by atoms with Gasteiger partial charge in [0.05, 0.1) is 6.10 Å². The zero-order valence-electron chi connectivity index (χ0n) is 9.62. The summed E-state index contributed by atoms with van der Waals surface area (Å²) in [6, 6.07) is 0. The zero-order valence-corrected chi connectivity index (χ0v) is 10.5. The Morgan fingerprint density at radius 2 is 1.73 bits per heavy atom. The SMILES string of the molecule is CCCCCC(CCCC)OP(=O)(O)F. The Hall–Kier alpha value is 0.0800. The van der Waals surface area contributed by atoms with Crippen LogP contribution in [-0.4, -0.2) is 11.0 Å². The van der Waals surface area contributed by atoms with E-state index in [4.69, 9.17) is 4.89 Å². The van der Waals surface area contributed by atoms with E-state index < -0.39 is 14.0 Å². The molecule has 92 valence electrons. The molecule has 0 aliphatic heterocycles. The van der Waals surface area contributed by atoms with Crippen molar-refractivity contribution < 1.29 is 18.2 Å². The van der Waals surface area contributed by atoms with Gasteiger partial charge in [0.15, 0.2) is 0 Å². The van der Waals surface area contributed by atoms with Crippen LogP contribution < -0.4 is 0 Å². The molecular formula is C10H22FO3P. The second-order valence-corrected chi connectivity index (χ2v) is 4.93. The predicted molar refractivity (Wildman–Crippen MR) is 59.5 cm³/mol. The number of rotatable bonds is 9. The summed E-state index contributed by atoms with van der Waals surface area (Å²) in [6.45, 7) is 4.10. The summed E-state index contributed by atoms with van der Waals surface area (Å²) in [5.41, 5.74) is 0. The summed E-state index contributed by atoms with van der Waals surface area (Å²) in [5.74, 6) is 0. The van der Waals surface area contributed by atoms with Crippen molar-refractivity contribution in [1.29, 1.82) is 0 Å². The third-order valence-corrected chi connectivity index (χ3v) is 2.85. The second-order valence-electron chi connectivity index (χ2n) is 3.82. The van der Waals surface area contributed by atoms with Crippen LogP contribution in [0, 0.1) is 0 Å². The van der Waals surface area contributed by atoms with Crippen molar-refractivity contribution in [1.82, 2.24) is 0 Å². The average molecular weight is 240 g/mol. The minimum absolute atomic E-state index is 0.405. The average Bonchev–Trinajstić information content (AvgIpc) is 2.12. The first-order valence-electron chi connectivity index (χ1n) is 5.70. The van der Waals surface area contributed by atoms with E-state index in [9.17, 15) is 8.76 Å². The van der Waals surface area contributed by atoms with E-state index in [0.29, 0.717) is 12.8 Å². The Balaban J connectivity index is 3.89. The van der Waals surface area contributed by atoms with Crippen molar-refractivity contribution in [2.24, 2.45) is 0 Å². The van der Waals surface area contributed by atoms with Crippen LogP contribution in [0.3, 0.4) is 0 Å². The van der Waals surface area contributed by atoms with Crippen molar-refractivity contribution >= 4 is 7.91 Å². The van der Waals surface area contributed by atoms with Crippen LogP contribution >= 0.6 is 7.91 Å². The van der Waals surface area contributed by atoms with Gasteiger partial charge >= 0.3 is 7.91 Å². The molecule has 0 fully saturated rings. The zero-order chi connectivity index (χ0) is 11.7. The number of hydrogen-bond acceptors (Lipinski definition) is 2. The minimum Gasteiger partial charge on any atom is -0.299 e. The molecule has 5 heteroatoms. The summed E-state index contributed by atoms with van der Waals surface area (Å²) in [4.78, 5) is 8.51. The molecule has 0 aromatic heterocycles. The van der Waals surface area contributed by atoms with E-state index >= 15 is 0 Å². The Morgan fingerprint density at radius 3 is 2.20 bits per heavy atom. The summed E-state index contributed by atoms with van der Waals surface area (Å²) < 4.78 is 27.5. The molecule has 1 N–H and O–H groups in total. The Labute approximate surface area is 91.7 Å². The Kier molecular flexibility index (Phi) is 8.30. The van der Waals surface area contributed by atoms with Crippen LogP contribution in [0.15, 0.2) is 0 Å². The van der Waals surface area contributed by atoms with Gasteiger partial charge in [0.1, 0.15) is 0 Å². The fourth-order valence-corrected chi connectivity index (χ4v) is 2.07. The van der Waals surface area contributed by atoms with Crippen LogP contribution in [0.5, 0.6) is 0 Å². The minimum atomic E-state index is -4.81. The van der Waals surface area contributed by atoms with Crippen molar-refractivity contribution in [3.05, 3.63) is 0 Å². The van der Waals surface area contributed by atoms with E-state index in [1.54, 1.807) is 0 Å². The maximum atomic E-state index is 12.5. The van der Waals surface area contributed by atoms with E-state index in [2.05, 4.69) is 11.4 Å². The fourth-order valence-electron chi connectivity index (χ4n) is 1.49. The third kappa shape index (κ3) is 10.4. The highest BCUT2D eigenvalue weighted by Crippen LogP contribution is 2.46. The summed E-state index contributed by atoms with van der Waals surface area (Å²) in [7, 11) is -4.81. The highest BCUT2D eigenvalue weighted by Gasteiger charge is 2.23. The standard InChI is InChI=1S/C10H22FO3P/c1-3-5-7-9-10(8-6-4-2)14-15(11,12)13/h10H,3-9H2,1-2H3,(H,12,13). The number of halogens is 1. The first-order chi connectivity index (χ1) is 6.99. The molecule has 0 aromatic rings. The van der Waals surface area contributed by atoms with Gasteiger partial charge in [-0.15, -0.1) is 4.20 Å². The molecule has 15 heavy (non-hydrogen) atoms. The van der Waals surface area contributed by atoms with Gasteiger partial charge in [0, 0.05) is 0 Å². The molecular weight excluding hydrogens is 218 g/mol. The quantitative estimate of drug-likeness (QED) is 0.485. The number of unbranched alkanes of at least 4 members (excludes halogenated alkanes) is 3. The van der Waals surface area contributed by atoms with Crippen LogP contribution in [0.4, 0.5) is 4.20 Å². The highest BCUT2D eigenvalue weighted by molar-refractivity contribution is 7.46. The molecule has 0 bridgehead atoms. The van der Waals surface area contributed by atoms with Gasteiger partial charge in [-0.05, 0) is 12.8 Å². The molecule has 0 aliphatic rings. The van der Waals surface area contributed by atoms with E-state index in [1.165, 1.54) is 0 Å². The molecule has 0 saturated carbocycles.